The van der Waals surface area contributed by atoms with Gasteiger partial charge in [-0.3, -0.25) is 9.59 Å². The molecule has 1 aliphatic rings. The van der Waals surface area contributed by atoms with Crippen LogP contribution >= 0.6 is 0 Å². The van der Waals surface area contributed by atoms with Crippen LogP contribution in [0.4, 0.5) is 0 Å². The van der Waals surface area contributed by atoms with Gasteiger partial charge in [0.25, 0.3) is 5.56 Å². The summed E-state index contributed by atoms with van der Waals surface area (Å²) < 4.78 is 6.47. The van der Waals surface area contributed by atoms with E-state index in [0.29, 0.717) is 17.0 Å². The van der Waals surface area contributed by atoms with Crippen molar-refractivity contribution in [1.82, 2.24) is 20.3 Å². The molecular weight excluding hydrogens is 296 g/mol. The molecule has 1 N–H and O–H groups in total. The third-order valence-corrected chi connectivity index (χ3v) is 3.70. The molecule has 1 saturated carbocycles. The van der Waals surface area contributed by atoms with Crippen molar-refractivity contribution in [1.29, 1.82) is 0 Å². The smallest absolute Gasteiger partial charge is 0.267 e. The highest BCUT2D eigenvalue weighted by Crippen LogP contribution is 2.26. The highest BCUT2D eigenvalue weighted by molar-refractivity contribution is 5.76. The van der Waals surface area contributed by atoms with Crippen LogP contribution in [0.25, 0.3) is 11.3 Å². The van der Waals surface area contributed by atoms with Crippen LogP contribution in [0.5, 0.6) is 0 Å². The Hall–Kier alpha value is -2.44. The molecule has 0 atom stereocenters. The average Bonchev–Trinajstić information content (AvgIpc) is 3.18. The van der Waals surface area contributed by atoms with Crippen molar-refractivity contribution < 1.29 is 9.32 Å². The molecule has 122 valence electrons. The van der Waals surface area contributed by atoms with Gasteiger partial charge >= 0.3 is 0 Å². The van der Waals surface area contributed by atoms with Crippen LogP contribution in [0.3, 0.4) is 0 Å². The summed E-state index contributed by atoms with van der Waals surface area (Å²) in [6, 6.07) is 3.50. The third kappa shape index (κ3) is 3.49. The number of carbonyl (C=O) groups is 1. The first-order valence-corrected chi connectivity index (χ1v) is 7.79. The minimum absolute atomic E-state index is 0.0647. The fourth-order valence-electron chi connectivity index (χ4n) is 2.37. The van der Waals surface area contributed by atoms with Gasteiger partial charge in [-0.2, -0.15) is 5.10 Å². The third-order valence-electron chi connectivity index (χ3n) is 3.70. The second kappa shape index (κ2) is 5.98. The Balaban J connectivity index is 1.94. The minimum atomic E-state index is -0.329. The zero-order chi connectivity index (χ0) is 16.6. The van der Waals surface area contributed by atoms with E-state index >= 15 is 0 Å². The molecular formula is C16H20N4O3. The number of nitrogens with zero attached hydrogens (tertiary/aromatic N) is 3. The summed E-state index contributed by atoms with van der Waals surface area (Å²) >= 11 is 0. The van der Waals surface area contributed by atoms with Gasteiger partial charge in [-0.15, -0.1) is 0 Å². The largest absolute Gasteiger partial charge is 0.356 e. The first-order valence-electron chi connectivity index (χ1n) is 7.79. The van der Waals surface area contributed by atoms with Gasteiger partial charge in [0, 0.05) is 23.7 Å². The monoisotopic (exact) mass is 316 g/mol. The van der Waals surface area contributed by atoms with E-state index < -0.39 is 0 Å². The Bertz CT molecular complexity index is 787. The molecule has 3 rings (SSSR count). The number of carbonyl (C=O) groups excluding carboxylic acids is 1. The van der Waals surface area contributed by atoms with Gasteiger partial charge in [0.2, 0.25) is 5.91 Å². The lowest BCUT2D eigenvalue weighted by Crippen LogP contribution is -2.35. The first kappa shape index (κ1) is 15.5. The molecule has 0 saturated heterocycles. The van der Waals surface area contributed by atoms with Gasteiger partial charge in [0.15, 0.2) is 5.76 Å². The summed E-state index contributed by atoms with van der Waals surface area (Å²) in [6.07, 6.45) is 2.02. The van der Waals surface area contributed by atoms with E-state index in [2.05, 4.69) is 15.6 Å². The molecule has 2 aromatic heterocycles. The highest BCUT2D eigenvalue weighted by Gasteiger charge is 2.24. The summed E-state index contributed by atoms with van der Waals surface area (Å²) in [4.78, 5) is 24.2. The second-order valence-electron chi connectivity index (χ2n) is 6.27. The molecule has 0 unspecified atom stereocenters. The number of amides is 1. The Morgan fingerprint density at radius 2 is 2.17 bits per heavy atom. The van der Waals surface area contributed by atoms with Crippen molar-refractivity contribution in [3.63, 3.8) is 0 Å². The Morgan fingerprint density at radius 1 is 1.43 bits per heavy atom. The van der Waals surface area contributed by atoms with Crippen molar-refractivity contribution in [3.05, 3.63) is 33.9 Å². The van der Waals surface area contributed by atoms with E-state index in [9.17, 15) is 9.59 Å². The molecule has 0 aliphatic heterocycles. The summed E-state index contributed by atoms with van der Waals surface area (Å²) in [7, 11) is 0. The number of hydrogen-bond donors (Lipinski definition) is 1. The van der Waals surface area contributed by atoms with Crippen LogP contribution in [0.15, 0.2) is 21.5 Å². The lowest BCUT2D eigenvalue weighted by molar-refractivity contribution is -0.122. The van der Waals surface area contributed by atoms with Crippen LogP contribution < -0.4 is 10.9 Å². The topological polar surface area (TPSA) is 90.0 Å². The number of aryl methyl sites for hydroxylation is 1. The molecule has 7 heteroatoms. The lowest BCUT2D eigenvalue weighted by Gasteiger charge is -2.12. The van der Waals surface area contributed by atoms with Crippen molar-refractivity contribution in [2.75, 3.05) is 0 Å². The van der Waals surface area contributed by atoms with E-state index in [1.54, 1.807) is 6.07 Å². The SMILES string of the molecule is Cc1cc(-c2cc(=O)n(CC(=O)NC3CC3)nc2C(C)C)on1. The van der Waals surface area contributed by atoms with E-state index in [0.717, 1.165) is 18.5 Å². The van der Waals surface area contributed by atoms with Crippen molar-refractivity contribution in [2.24, 2.45) is 0 Å². The Labute approximate surface area is 133 Å². The lowest BCUT2D eigenvalue weighted by atomic mass is 10.0. The molecule has 2 aromatic rings. The second-order valence-corrected chi connectivity index (χ2v) is 6.27. The van der Waals surface area contributed by atoms with E-state index in [1.807, 2.05) is 20.8 Å². The number of rotatable bonds is 5. The number of hydrogen-bond acceptors (Lipinski definition) is 5. The Morgan fingerprint density at radius 3 is 2.74 bits per heavy atom. The molecule has 1 amide bonds. The molecule has 1 aliphatic carbocycles. The number of nitrogens with one attached hydrogen (secondary N) is 1. The fraction of sp³-hybridized carbons (Fsp3) is 0.500. The quantitative estimate of drug-likeness (QED) is 0.905. The molecule has 0 aromatic carbocycles. The highest BCUT2D eigenvalue weighted by atomic mass is 16.5. The molecule has 0 radical (unpaired) electrons. The molecule has 2 heterocycles. The van der Waals surface area contributed by atoms with Gasteiger partial charge in [0.05, 0.1) is 11.4 Å². The zero-order valence-electron chi connectivity index (χ0n) is 13.5. The molecule has 7 nitrogen and oxygen atoms in total. The van der Waals surface area contributed by atoms with Crippen LogP contribution in [-0.2, 0) is 11.3 Å². The maximum atomic E-state index is 12.3. The maximum absolute atomic E-state index is 12.3. The van der Waals surface area contributed by atoms with E-state index in [4.69, 9.17) is 4.52 Å². The van der Waals surface area contributed by atoms with Gasteiger partial charge in [-0.25, -0.2) is 4.68 Å². The van der Waals surface area contributed by atoms with Crippen LogP contribution in [0.1, 0.15) is 44.0 Å². The predicted molar refractivity (Wildman–Crippen MR) is 84.0 cm³/mol. The van der Waals surface area contributed by atoms with Crippen molar-refractivity contribution in [2.45, 2.75) is 52.1 Å². The molecule has 0 bridgehead atoms. The molecule has 1 fully saturated rings. The fourth-order valence-corrected chi connectivity index (χ4v) is 2.37. The van der Waals surface area contributed by atoms with E-state index in [-0.39, 0.29) is 30.0 Å². The molecule has 0 spiro atoms. The van der Waals surface area contributed by atoms with Gasteiger partial charge in [0.1, 0.15) is 6.54 Å². The molecule has 23 heavy (non-hydrogen) atoms. The van der Waals surface area contributed by atoms with Crippen LogP contribution in [0.2, 0.25) is 0 Å². The summed E-state index contributed by atoms with van der Waals surface area (Å²) in [5.74, 6) is 0.416. The minimum Gasteiger partial charge on any atom is -0.356 e. The van der Waals surface area contributed by atoms with Gasteiger partial charge in [-0.05, 0) is 25.7 Å². The van der Waals surface area contributed by atoms with Crippen molar-refractivity contribution in [3.8, 4) is 11.3 Å². The zero-order valence-corrected chi connectivity index (χ0v) is 13.5. The van der Waals surface area contributed by atoms with Crippen LogP contribution in [-0.4, -0.2) is 26.9 Å². The summed E-state index contributed by atoms with van der Waals surface area (Å²) in [5, 5.41) is 11.1. The normalized spacial score (nSPS) is 14.3. The van der Waals surface area contributed by atoms with Gasteiger partial charge < -0.3 is 9.84 Å². The first-order chi connectivity index (χ1) is 10.9. The Kier molecular flexibility index (Phi) is 4.02. The standard InChI is InChI=1S/C16H20N4O3/c1-9(2)16-12(13-6-10(3)19-23-13)7-15(22)20(18-16)8-14(21)17-11-4-5-11/h6-7,9,11H,4-5,8H2,1-3H3,(H,17,21). The maximum Gasteiger partial charge on any atom is 0.267 e. The average molecular weight is 316 g/mol. The summed E-state index contributed by atoms with van der Waals surface area (Å²) in [6.45, 7) is 5.71. The van der Waals surface area contributed by atoms with Gasteiger partial charge in [-0.1, -0.05) is 19.0 Å². The van der Waals surface area contributed by atoms with Crippen LogP contribution in [0, 0.1) is 6.92 Å². The summed E-state index contributed by atoms with van der Waals surface area (Å²) in [5.41, 5.74) is 1.75. The van der Waals surface area contributed by atoms with Crippen molar-refractivity contribution >= 4 is 5.91 Å². The number of aromatic nitrogens is 3. The van der Waals surface area contributed by atoms with E-state index in [1.165, 1.54) is 10.7 Å². The predicted octanol–water partition coefficient (Wildman–Crippen LogP) is 1.61.